The smallest absolute Gasteiger partial charge is 0.337 e. The van der Waals surface area contributed by atoms with Gasteiger partial charge in [0.25, 0.3) is 0 Å². The summed E-state index contributed by atoms with van der Waals surface area (Å²) in [4.78, 5) is 19.5. The largest absolute Gasteiger partial charge is 0.478 e. The molecule has 2 heterocycles. The van der Waals surface area contributed by atoms with E-state index < -0.39 is 17.7 Å². The minimum absolute atomic E-state index is 0.121. The second-order valence-corrected chi connectivity index (χ2v) is 7.49. The third-order valence-electron chi connectivity index (χ3n) is 5.04. The molecular formula is C23H26F2N4O2. The zero-order valence-electron chi connectivity index (χ0n) is 17.7. The standard InChI is InChI=1S/C23H26F2N4O2/c1-3-5-6-20-27-22(23(24,25)12-4-2)28-29(20)15-16-7-9-17(10-8-16)18-11-13-26-14-19(18)21(30)31/h7-11,13-14H,3-6,12,15H2,1-2H3,(H,30,31). The van der Waals surface area contributed by atoms with E-state index in [0.717, 1.165) is 24.0 Å². The molecule has 0 amide bonds. The summed E-state index contributed by atoms with van der Waals surface area (Å²) >= 11 is 0. The minimum atomic E-state index is -3.04. The highest BCUT2D eigenvalue weighted by molar-refractivity contribution is 5.95. The van der Waals surface area contributed by atoms with Crippen molar-refractivity contribution in [3.05, 3.63) is 65.5 Å². The van der Waals surface area contributed by atoms with Gasteiger partial charge in [-0.15, -0.1) is 5.10 Å². The van der Waals surface area contributed by atoms with E-state index in [9.17, 15) is 18.7 Å². The molecule has 31 heavy (non-hydrogen) atoms. The van der Waals surface area contributed by atoms with Crippen LogP contribution in [0.2, 0.25) is 0 Å². The predicted octanol–water partition coefficient (Wildman–Crippen LogP) is 5.32. The van der Waals surface area contributed by atoms with Gasteiger partial charge < -0.3 is 5.11 Å². The highest BCUT2D eigenvalue weighted by atomic mass is 19.3. The molecule has 0 saturated carbocycles. The van der Waals surface area contributed by atoms with Crippen LogP contribution in [-0.4, -0.2) is 30.8 Å². The molecule has 0 spiro atoms. The van der Waals surface area contributed by atoms with Gasteiger partial charge in [-0.3, -0.25) is 4.98 Å². The first-order valence-corrected chi connectivity index (χ1v) is 10.4. The normalized spacial score (nSPS) is 11.6. The molecule has 6 nitrogen and oxygen atoms in total. The number of rotatable bonds is 10. The van der Waals surface area contributed by atoms with E-state index in [1.807, 2.05) is 31.2 Å². The fourth-order valence-electron chi connectivity index (χ4n) is 3.38. The number of unbranched alkanes of at least 4 members (excludes halogenated alkanes) is 1. The highest BCUT2D eigenvalue weighted by Crippen LogP contribution is 2.31. The van der Waals surface area contributed by atoms with Crippen LogP contribution in [0.25, 0.3) is 11.1 Å². The van der Waals surface area contributed by atoms with Crippen LogP contribution in [-0.2, 0) is 18.9 Å². The van der Waals surface area contributed by atoms with Gasteiger partial charge >= 0.3 is 11.9 Å². The number of carbonyl (C=O) groups is 1. The van der Waals surface area contributed by atoms with Gasteiger partial charge in [-0.05, 0) is 35.6 Å². The second kappa shape index (κ2) is 9.76. The number of hydrogen-bond acceptors (Lipinski definition) is 4. The van der Waals surface area contributed by atoms with Gasteiger partial charge in [-0.1, -0.05) is 44.5 Å². The van der Waals surface area contributed by atoms with Crippen molar-refractivity contribution in [2.24, 2.45) is 0 Å². The summed E-state index contributed by atoms with van der Waals surface area (Å²) in [5.74, 6) is -3.95. The van der Waals surface area contributed by atoms with Crippen LogP contribution in [0.1, 0.15) is 67.1 Å². The molecule has 0 aliphatic carbocycles. The summed E-state index contributed by atoms with van der Waals surface area (Å²) in [5.41, 5.74) is 2.29. The van der Waals surface area contributed by atoms with Crippen LogP contribution in [0.4, 0.5) is 8.78 Å². The lowest BCUT2D eigenvalue weighted by Crippen LogP contribution is -2.15. The molecule has 0 aliphatic heterocycles. The lowest BCUT2D eigenvalue weighted by Gasteiger charge is -2.10. The van der Waals surface area contributed by atoms with Gasteiger partial charge in [0.2, 0.25) is 5.82 Å². The van der Waals surface area contributed by atoms with E-state index in [2.05, 4.69) is 15.1 Å². The van der Waals surface area contributed by atoms with E-state index in [1.165, 1.54) is 6.20 Å². The Morgan fingerprint density at radius 2 is 1.87 bits per heavy atom. The first-order chi connectivity index (χ1) is 14.9. The number of aromatic nitrogens is 4. The lowest BCUT2D eigenvalue weighted by molar-refractivity contribution is -0.0232. The Labute approximate surface area is 180 Å². The third kappa shape index (κ3) is 5.31. The monoisotopic (exact) mass is 428 g/mol. The van der Waals surface area contributed by atoms with E-state index in [1.54, 1.807) is 23.9 Å². The van der Waals surface area contributed by atoms with Crippen LogP contribution in [0.5, 0.6) is 0 Å². The third-order valence-corrected chi connectivity index (χ3v) is 5.04. The molecule has 0 fully saturated rings. The molecule has 1 aromatic carbocycles. The van der Waals surface area contributed by atoms with Crippen molar-refractivity contribution in [1.29, 1.82) is 0 Å². The first-order valence-electron chi connectivity index (χ1n) is 10.4. The average molecular weight is 428 g/mol. The van der Waals surface area contributed by atoms with E-state index in [-0.39, 0.29) is 12.0 Å². The average Bonchev–Trinajstić information content (AvgIpc) is 3.16. The quantitative estimate of drug-likeness (QED) is 0.473. The topological polar surface area (TPSA) is 80.9 Å². The molecule has 0 unspecified atom stereocenters. The van der Waals surface area contributed by atoms with E-state index in [4.69, 9.17) is 0 Å². The number of nitrogens with zero attached hydrogens (tertiary/aromatic N) is 4. The molecule has 3 aromatic rings. The Hall–Kier alpha value is -3.16. The van der Waals surface area contributed by atoms with Crippen LogP contribution in [0.15, 0.2) is 42.7 Å². The molecule has 8 heteroatoms. The molecule has 0 bridgehead atoms. The molecule has 0 saturated heterocycles. The van der Waals surface area contributed by atoms with Gasteiger partial charge in [0.05, 0.1) is 12.1 Å². The summed E-state index contributed by atoms with van der Waals surface area (Å²) in [6, 6.07) is 8.96. The Morgan fingerprint density at radius 1 is 1.13 bits per heavy atom. The number of hydrogen-bond donors (Lipinski definition) is 1. The first kappa shape index (κ1) is 22.5. The number of carboxylic acids is 1. The number of pyridine rings is 1. The van der Waals surface area contributed by atoms with Crippen molar-refractivity contribution in [1.82, 2.24) is 19.7 Å². The van der Waals surface area contributed by atoms with Crippen LogP contribution in [0, 0.1) is 0 Å². The maximum atomic E-state index is 14.4. The van der Waals surface area contributed by atoms with Gasteiger partial charge in [-0.2, -0.15) is 8.78 Å². The van der Waals surface area contributed by atoms with Crippen LogP contribution >= 0.6 is 0 Å². The summed E-state index contributed by atoms with van der Waals surface area (Å²) in [6.07, 6.45) is 5.29. The Morgan fingerprint density at radius 3 is 2.52 bits per heavy atom. The minimum Gasteiger partial charge on any atom is -0.478 e. The molecule has 164 valence electrons. The molecular weight excluding hydrogens is 402 g/mol. The van der Waals surface area contributed by atoms with E-state index >= 15 is 0 Å². The van der Waals surface area contributed by atoms with Crippen molar-refractivity contribution in [2.45, 2.75) is 58.4 Å². The van der Waals surface area contributed by atoms with Crippen molar-refractivity contribution in [3.63, 3.8) is 0 Å². The fourth-order valence-corrected chi connectivity index (χ4v) is 3.38. The van der Waals surface area contributed by atoms with Crippen molar-refractivity contribution in [2.75, 3.05) is 0 Å². The summed E-state index contributed by atoms with van der Waals surface area (Å²) in [7, 11) is 0. The maximum absolute atomic E-state index is 14.4. The number of halogens is 2. The number of carboxylic acid groups (broad SMARTS) is 1. The molecule has 0 radical (unpaired) electrons. The highest BCUT2D eigenvalue weighted by Gasteiger charge is 2.36. The number of aromatic carboxylic acids is 1. The summed E-state index contributed by atoms with van der Waals surface area (Å²) < 4.78 is 30.3. The molecule has 1 N–H and O–H groups in total. The van der Waals surface area contributed by atoms with Crippen molar-refractivity contribution >= 4 is 5.97 Å². The molecule has 0 aliphatic rings. The molecule has 2 aromatic heterocycles. The Bertz CT molecular complexity index is 1030. The van der Waals surface area contributed by atoms with Gasteiger partial charge in [0, 0.05) is 25.2 Å². The summed E-state index contributed by atoms with van der Waals surface area (Å²) in [5, 5.41) is 13.5. The Kier molecular flexibility index (Phi) is 7.09. The second-order valence-electron chi connectivity index (χ2n) is 7.49. The fraction of sp³-hybridized carbons (Fsp3) is 0.391. The van der Waals surface area contributed by atoms with Crippen LogP contribution < -0.4 is 0 Å². The van der Waals surface area contributed by atoms with Crippen LogP contribution in [0.3, 0.4) is 0 Å². The predicted molar refractivity (Wildman–Crippen MR) is 113 cm³/mol. The van der Waals surface area contributed by atoms with Crippen molar-refractivity contribution in [3.8, 4) is 11.1 Å². The van der Waals surface area contributed by atoms with Gasteiger partial charge in [0.15, 0.2) is 0 Å². The lowest BCUT2D eigenvalue weighted by atomic mass is 10.0. The number of aryl methyl sites for hydroxylation is 1. The van der Waals surface area contributed by atoms with Gasteiger partial charge in [0.1, 0.15) is 5.82 Å². The maximum Gasteiger partial charge on any atom is 0.337 e. The molecule has 3 rings (SSSR count). The summed E-state index contributed by atoms with van der Waals surface area (Å²) in [6.45, 7) is 4.07. The SMILES string of the molecule is CCCCc1nc(C(F)(F)CCC)nn1Cc1ccc(-c2ccncc2C(=O)O)cc1. The number of alkyl halides is 2. The molecule has 0 atom stereocenters. The van der Waals surface area contributed by atoms with Crippen molar-refractivity contribution < 1.29 is 18.7 Å². The zero-order chi connectivity index (χ0) is 22.4. The zero-order valence-corrected chi connectivity index (χ0v) is 17.7. The number of benzene rings is 1. The van der Waals surface area contributed by atoms with Gasteiger partial charge in [-0.25, -0.2) is 14.5 Å². The van der Waals surface area contributed by atoms with E-state index in [0.29, 0.717) is 30.8 Å². The Balaban J connectivity index is 1.87.